The normalized spacial score (nSPS) is 17.9. The molecule has 0 saturated heterocycles. The van der Waals surface area contributed by atoms with Gasteiger partial charge in [-0.05, 0) is 118 Å². The van der Waals surface area contributed by atoms with Crippen molar-refractivity contribution in [3.05, 3.63) is 134 Å². The van der Waals surface area contributed by atoms with Crippen LogP contribution < -0.4 is 21.4 Å². The Bertz CT molecular complexity index is 2700. The van der Waals surface area contributed by atoms with Gasteiger partial charge in [0, 0.05) is 48.3 Å². The number of hydrogen-bond donors (Lipinski definition) is 3. The third kappa shape index (κ3) is 8.89. The number of nitrogens with one attached hydrogen (secondary N) is 2. The molecule has 0 unspecified atom stereocenters. The Morgan fingerprint density at radius 3 is 2.33 bits per heavy atom. The molecular formula is C50H60N4O8Si. The fourth-order valence-electron chi connectivity index (χ4n) is 9.02. The van der Waals surface area contributed by atoms with Gasteiger partial charge in [0.05, 0.1) is 17.1 Å². The average Bonchev–Trinajstić information content (AvgIpc) is 3.57. The number of para-hydroxylation sites is 2. The Morgan fingerprint density at radius 2 is 1.65 bits per heavy atom. The first-order valence-electron chi connectivity index (χ1n) is 22.2. The van der Waals surface area contributed by atoms with E-state index in [0.717, 1.165) is 71.8 Å². The summed E-state index contributed by atoms with van der Waals surface area (Å²) in [5.41, 5.74) is 3.94. The van der Waals surface area contributed by atoms with Gasteiger partial charge < -0.3 is 38.6 Å². The van der Waals surface area contributed by atoms with Crippen molar-refractivity contribution in [3.8, 4) is 17.2 Å². The highest BCUT2D eigenvalue weighted by Crippen LogP contribution is 2.49. The van der Waals surface area contributed by atoms with Gasteiger partial charge in [-0.2, -0.15) is 0 Å². The van der Waals surface area contributed by atoms with E-state index in [-0.39, 0.29) is 40.3 Å². The summed E-state index contributed by atoms with van der Waals surface area (Å²) in [6.07, 6.45) is 3.70. The fourth-order valence-corrected chi connectivity index (χ4v) is 10.3. The standard InChI is InChI=1S/C50H60N4O8Si/c1-49(2,3)63(6,7)62-44(35-22-25-40(55)46-36(35)23-26-45(56)52-46)31-51-30-32-17-24-39-43(29-32)61-48(58)54(39)28-12-27-53(5)33-18-20-34(21-19-33)59-47(57)50(4)37-13-8-10-15-41(37)60-42-16-11-9-14-38(42)50/h8-11,13-17,22-26,29,33-34,44,51,55H,12,18-21,27-28,30-31H2,1-7H3,(H,52,56)/t33?,34?,44-/m1/s1. The zero-order chi connectivity index (χ0) is 44.7. The van der Waals surface area contributed by atoms with Gasteiger partial charge in [-0.3, -0.25) is 14.2 Å². The van der Waals surface area contributed by atoms with Gasteiger partial charge in [0.25, 0.3) is 0 Å². The van der Waals surface area contributed by atoms with Crippen molar-refractivity contribution in [1.82, 2.24) is 19.8 Å². The van der Waals surface area contributed by atoms with Crippen molar-refractivity contribution < 1.29 is 28.2 Å². The van der Waals surface area contributed by atoms with E-state index < -0.39 is 13.7 Å². The van der Waals surface area contributed by atoms with Crippen molar-refractivity contribution in [3.63, 3.8) is 0 Å². The molecular weight excluding hydrogens is 813 g/mol. The predicted octanol–water partition coefficient (Wildman–Crippen LogP) is 9.28. The number of carbonyl (C=O) groups is 1. The molecule has 0 amide bonds. The van der Waals surface area contributed by atoms with Gasteiger partial charge >= 0.3 is 11.7 Å². The van der Waals surface area contributed by atoms with Crippen LogP contribution in [0.5, 0.6) is 17.2 Å². The van der Waals surface area contributed by atoms with Crippen molar-refractivity contribution in [1.29, 1.82) is 0 Å². The van der Waals surface area contributed by atoms with E-state index >= 15 is 0 Å². The molecule has 1 aliphatic carbocycles. The number of ether oxygens (including phenoxy) is 2. The summed E-state index contributed by atoms with van der Waals surface area (Å²) in [7, 11) is -0.109. The van der Waals surface area contributed by atoms with Crippen LogP contribution in [0.2, 0.25) is 18.1 Å². The molecule has 2 aromatic heterocycles. The molecule has 0 radical (unpaired) electrons. The van der Waals surface area contributed by atoms with E-state index in [9.17, 15) is 19.5 Å². The number of phenolic OH excluding ortho intramolecular Hbond substituents is 1. The van der Waals surface area contributed by atoms with E-state index in [1.54, 1.807) is 16.7 Å². The summed E-state index contributed by atoms with van der Waals surface area (Å²) in [4.78, 5) is 44.4. The van der Waals surface area contributed by atoms with Crippen LogP contribution in [0, 0.1) is 0 Å². The maximum absolute atomic E-state index is 14.0. The van der Waals surface area contributed by atoms with Crippen LogP contribution in [-0.4, -0.2) is 66.1 Å². The first-order valence-corrected chi connectivity index (χ1v) is 25.1. The number of rotatable bonds is 14. The second-order valence-electron chi connectivity index (χ2n) is 19.0. The van der Waals surface area contributed by atoms with E-state index in [0.29, 0.717) is 48.3 Å². The molecule has 2 aliphatic rings. The number of phenols is 1. The molecule has 0 bridgehead atoms. The minimum Gasteiger partial charge on any atom is -0.506 e. The molecule has 1 atom stereocenters. The van der Waals surface area contributed by atoms with Gasteiger partial charge in [0.1, 0.15) is 28.8 Å². The Kier molecular flexibility index (Phi) is 12.3. The number of aromatic nitrogens is 2. The predicted molar refractivity (Wildman–Crippen MR) is 248 cm³/mol. The van der Waals surface area contributed by atoms with E-state index in [1.807, 2.05) is 79.7 Å². The largest absolute Gasteiger partial charge is 0.506 e. The monoisotopic (exact) mass is 872 g/mol. The minimum absolute atomic E-state index is 0.0123. The van der Waals surface area contributed by atoms with Crippen molar-refractivity contribution in [2.24, 2.45) is 0 Å². The molecule has 3 N–H and O–H groups in total. The SMILES string of the molecule is CN(CCCn1c(=O)oc2cc(CNC[C@@H](O[Si](C)(C)C(C)(C)C)c3ccc(O)c4[nH]c(=O)ccc34)ccc21)C1CCC(OC(=O)C2(C)c3ccccc3Oc3ccccc32)CC1. The van der Waals surface area contributed by atoms with Gasteiger partial charge in [-0.1, -0.05) is 69.3 Å². The first-order chi connectivity index (χ1) is 30.0. The number of benzene rings is 4. The number of fused-ring (bicyclic) bond motifs is 4. The lowest BCUT2D eigenvalue weighted by molar-refractivity contribution is -0.156. The second-order valence-corrected chi connectivity index (χ2v) is 23.8. The molecule has 1 saturated carbocycles. The van der Waals surface area contributed by atoms with Crippen LogP contribution in [0.3, 0.4) is 0 Å². The fraction of sp³-hybridized carbons (Fsp3) is 0.420. The van der Waals surface area contributed by atoms with Crippen LogP contribution >= 0.6 is 0 Å². The topological polar surface area (TPSA) is 148 Å². The molecule has 3 heterocycles. The lowest BCUT2D eigenvalue weighted by atomic mass is 9.74. The van der Waals surface area contributed by atoms with Crippen LogP contribution in [0.25, 0.3) is 22.0 Å². The van der Waals surface area contributed by atoms with Crippen molar-refractivity contribution in [2.75, 3.05) is 20.1 Å². The van der Waals surface area contributed by atoms with Crippen LogP contribution in [0.1, 0.15) is 88.2 Å². The zero-order valence-electron chi connectivity index (χ0n) is 37.5. The Morgan fingerprint density at radius 1 is 0.968 bits per heavy atom. The first kappa shape index (κ1) is 44.1. The number of nitrogens with zero attached hydrogens (tertiary/aromatic N) is 2. The van der Waals surface area contributed by atoms with Crippen LogP contribution in [0.15, 0.2) is 105 Å². The molecule has 6 aromatic rings. The minimum atomic E-state index is -2.24. The number of hydrogen-bond acceptors (Lipinski definition) is 10. The second kappa shape index (κ2) is 17.6. The van der Waals surface area contributed by atoms with Gasteiger partial charge in [-0.15, -0.1) is 0 Å². The van der Waals surface area contributed by atoms with Gasteiger partial charge in [0.2, 0.25) is 5.56 Å². The molecule has 13 heteroatoms. The highest BCUT2D eigenvalue weighted by atomic mass is 28.4. The summed E-state index contributed by atoms with van der Waals surface area (Å²) in [5, 5.41) is 14.8. The number of aryl methyl sites for hydroxylation is 1. The Balaban J connectivity index is 0.853. The van der Waals surface area contributed by atoms with Gasteiger partial charge in [0.15, 0.2) is 13.9 Å². The number of pyridine rings is 1. The molecule has 1 fully saturated rings. The lowest BCUT2D eigenvalue weighted by Crippen LogP contribution is -2.43. The number of H-pyrrole nitrogens is 1. The molecule has 1 aliphatic heterocycles. The summed E-state index contributed by atoms with van der Waals surface area (Å²) < 4.78 is 26.9. The average molecular weight is 873 g/mol. The Hall–Kier alpha value is -5.47. The maximum atomic E-state index is 14.0. The molecule has 63 heavy (non-hydrogen) atoms. The summed E-state index contributed by atoms with van der Waals surface area (Å²) in [6, 6.07) is 28.3. The Labute approximate surface area is 369 Å². The number of aromatic hydroxyl groups is 1. The van der Waals surface area contributed by atoms with Crippen molar-refractivity contribution >= 4 is 36.3 Å². The van der Waals surface area contributed by atoms with Gasteiger partial charge in [-0.25, -0.2) is 4.79 Å². The zero-order valence-corrected chi connectivity index (χ0v) is 38.5. The van der Waals surface area contributed by atoms with E-state index in [1.165, 1.54) is 6.07 Å². The summed E-state index contributed by atoms with van der Waals surface area (Å²) >= 11 is 0. The molecule has 332 valence electrons. The smallest absolute Gasteiger partial charge is 0.419 e. The number of aromatic amines is 1. The van der Waals surface area contributed by atoms with E-state index in [4.69, 9.17) is 18.3 Å². The number of carbonyl (C=O) groups excluding carboxylic acids is 1. The van der Waals surface area contributed by atoms with Crippen LogP contribution in [0.4, 0.5) is 0 Å². The molecule has 4 aromatic carbocycles. The summed E-state index contributed by atoms with van der Waals surface area (Å²) in [6.45, 7) is 15.3. The highest BCUT2D eigenvalue weighted by molar-refractivity contribution is 6.74. The molecule has 8 rings (SSSR count). The third-order valence-corrected chi connectivity index (χ3v) is 18.3. The highest BCUT2D eigenvalue weighted by Gasteiger charge is 2.47. The van der Waals surface area contributed by atoms with E-state index in [2.05, 4.69) is 56.1 Å². The number of oxazole rings is 1. The summed E-state index contributed by atoms with van der Waals surface area (Å²) in [5.74, 6) is 0.757. The lowest BCUT2D eigenvalue weighted by Gasteiger charge is -2.39. The quantitative estimate of drug-likeness (QED) is 0.0715. The molecule has 0 spiro atoms. The number of esters is 1. The van der Waals surface area contributed by atoms with Crippen molar-refractivity contribution in [2.45, 2.75) is 115 Å². The maximum Gasteiger partial charge on any atom is 0.419 e. The third-order valence-electron chi connectivity index (χ3n) is 13.8. The van der Waals surface area contributed by atoms with Crippen LogP contribution in [-0.2, 0) is 32.5 Å². The molecule has 12 nitrogen and oxygen atoms in total.